The minimum absolute atomic E-state index is 0.116. The standard InChI is InChI=1S/C7H6N4O2/c12-5(13)3-4-6-7(11-10-4)9-2-1-8-6/h1-2H,3H2,(H,12,13)(H,9,10,11). The number of fused-ring (bicyclic) bond motifs is 1. The van der Waals surface area contributed by atoms with E-state index in [0.29, 0.717) is 16.9 Å². The minimum Gasteiger partial charge on any atom is -0.481 e. The summed E-state index contributed by atoms with van der Waals surface area (Å²) in [5, 5.41) is 14.9. The molecule has 0 spiro atoms. The maximum absolute atomic E-state index is 10.4. The Morgan fingerprint density at radius 1 is 1.46 bits per heavy atom. The van der Waals surface area contributed by atoms with Crippen LogP contribution >= 0.6 is 0 Å². The molecule has 0 aliphatic carbocycles. The highest BCUT2D eigenvalue weighted by molar-refractivity contribution is 5.79. The van der Waals surface area contributed by atoms with Crippen LogP contribution in [0.3, 0.4) is 0 Å². The number of hydrogen-bond acceptors (Lipinski definition) is 4. The summed E-state index contributed by atoms with van der Waals surface area (Å²) in [4.78, 5) is 18.3. The molecule has 0 aromatic carbocycles. The Bertz CT molecular complexity index is 450. The molecule has 0 radical (unpaired) electrons. The van der Waals surface area contributed by atoms with Crippen LogP contribution in [-0.2, 0) is 11.2 Å². The number of carbonyl (C=O) groups is 1. The fraction of sp³-hybridized carbons (Fsp3) is 0.143. The monoisotopic (exact) mass is 178 g/mol. The van der Waals surface area contributed by atoms with E-state index in [9.17, 15) is 4.79 Å². The van der Waals surface area contributed by atoms with Crippen LogP contribution in [0.5, 0.6) is 0 Å². The molecule has 2 aromatic heterocycles. The first-order chi connectivity index (χ1) is 6.27. The lowest BCUT2D eigenvalue weighted by atomic mass is 10.3. The Labute approximate surface area is 72.6 Å². The van der Waals surface area contributed by atoms with Gasteiger partial charge in [0.2, 0.25) is 0 Å². The Morgan fingerprint density at radius 3 is 3.00 bits per heavy atom. The van der Waals surface area contributed by atoms with Crippen LogP contribution in [0.25, 0.3) is 11.2 Å². The van der Waals surface area contributed by atoms with Crippen molar-refractivity contribution in [3.05, 3.63) is 18.1 Å². The van der Waals surface area contributed by atoms with E-state index >= 15 is 0 Å². The van der Waals surface area contributed by atoms with E-state index < -0.39 is 5.97 Å². The zero-order valence-electron chi connectivity index (χ0n) is 6.56. The zero-order valence-corrected chi connectivity index (χ0v) is 6.56. The predicted molar refractivity (Wildman–Crippen MR) is 43.0 cm³/mol. The van der Waals surface area contributed by atoms with Crippen molar-refractivity contribution in [2.75, 3.05) is 0 Å². The lowest BCUT2D eigenvalue weighted by molar-refractivity contribution is -0.136. The SMILES string of the molecule is O=C(O)Cc1[nH]nc2nccnc12. The Hall–Kier alpha value is -1.98. The largest absolute Gasteiger partial charge is 0.481 e. The van der Waals surface area contributed by atoms with Crippen LogP contribution in [-0.4, -0.2) is 31.2 Å². The van der Waals surface area contributed by atoms with Crippen LogP contribution in [0.4, 0.5) is 0 Å². The van der Waals surface area contributed by atoms with Gasteiger partial charge in [-0.25, -0.2) is 9.97 Å². The predicted octanol–water partition coefficient (Wildman–Crippen LogP) is -0.0200. The molecule has 6 heteroatoms. The van der Waals surface area contributed by atoms with E-state index in [2.05, 4.69) is 20.2 Å². The molecule has 66 valence electrons. The molecular weight excluding hydrogens is 172 g/mol. The summed E-state index contributed by atoms with van der Waals surface area (Å²) in [5.41, 5.74) is 1.44. The molecule has 0 aliphatic heterocycles. The summed E-state index contributed by atoms with van der Waals surface area (Å²) < 4.78 is 0. The molecule has 0 aliphatic rings. The van der Waals surface area contributed by atoms with Crippen molar-refractivity contribution in [1.82, 2.24) is 20.2 Å². The molecule has 2 N–H and O–H groups in total. The average molecular weight is 178 g/mol. The molecule has 2 rings (SSSR count). The molecule has 0 saturated heterocycles. The van der Waals surface area contributed by atoms with Gasteiger partial charge in [-0.05, 0) is 0 Å². The summed E-state index contributed by atoms with van der Waals surface area (Å²) in [6.07, 6.45) is 2.89. The Kier molecular flexibility index (Phi) is 1.66. The van der Waals surface area contributed by atoms with Crippen molar-refractivity contribution >= 4 is 17.1 Å². The van der Waals surface area contributed by atoms with Gasteiger partial charge < -0.3 is 5.11 Å². The molecule has 0 atom stereocenters. The van der Waals surface area contributed by atoms with Crippen LogP contribution in [0, 0.1) is 0 Å². The average Bonchev–Trinajstić information content (AvgIpc) is 2.48. The van der Waals surface area contributed by atoms with E-state index in [-0.39, 0.29) is 6.42 Å². The van der Waals surface area contributed by atoms with E-state index in [1.807, 2.05) is 0 Å². The zero-order chi connectivity index (χ0) is 9.26. The summed E-state index contributed by atoms with van der Waals surface area (Å²) >= 11 is 0. The smallest absolute Gasteiger partial charge is 0.309 e. The van der Waals surface area contributed by atoms with E-state index in [4.69, 9.17) is 5.11 Å². The van der Waals surface area contributed by atoms with Crippen LogP contribution < -0.4 is 0 Å². The lowest BCUT2D eigenvalue weighted by Crippen LogP contribution is -2.01. The maximum Gasteiger partial charge on any atom is 0.309 e. The van der Waals surface area contributed by atoms with Gasteiger partial charge in [-0.15, -0.1) is 0 Å². The van der Waals surface area contributed by atoms with E-state index in [0.717, 1.165) is 0 Å². The molecule has 0 unspecified atom stereocenters. The Balaban J connectivity index is 2.51. The first kappa shape index (κ1) is 7.66. The quantitative estimate of drug-likeness (QED) is 0.674. The summed E-state index contributed by atoms with van der Waals surface area (Å²) in [5.74, 6) is -0.920. The van der Waals surface area contributed by atoms with Gasteiger partial charge in [0, 0.05) is 12.4 Å². The summed E-state index contributed by atoms with van der Waals surface area (Å²) in [6, 6.07) is 0. The van der Waals surface area contributed by atoms with Gasteiger partial charge in [-0.2, -0.15) is 5.10 Å². The molecule has 0 saturated carbocycles. The Morgan fingerprint density at radius 2 is 2.23 bits per heavy atom. The summed E-state index contributed by atoms with van der Waals surface area (Å²) in [6.45, 7) is 0. The number of aliphatic carboxylic acids is 1. The number of hydrogen-bond donors (Lipinski definition) is 2. The fourth-order valence-electron chi connectivity index (χ4n) is 1.07. The number of nitrogens with one attached hydrogen (secondary N) is 1. The highest BCUT2D eigenvalue weighted by Crippen LogP contribution is 2.09. The molecular formula is C7H6N4O2. The molecule has 0 bridgehead atoms. The van der Waals surface area contributed by atoms with Gasteiger partial charge in [0.1, 0.15) is 5.52 Å². The van der Waals surface area contributed by atoms with Crippen LogP contribution in [0.1, 0.15) is 5.69 Å². The van der Waals surface area contributed by atoms with Gasteiger partial charge >= 0.3 is 5.97 Å². The third kappa shape index (κ3) is 1.33. The second-order valence-electron chi connectivity index (χ2n) is 2.50. The van der Waals surface area contributed by atoms with Crippen molar-refractivity contribution < 1.29 is 9.90 Å². The van der Waals surface area contributed by atoms with Crippen LogP contribution in [0.2, 0.25) is 0 Å². The van der Waals surface area contributed by atoms with Crippen LogP contribution in [0.15, 0.2) is 12.4 Å². The third-order valence-corrected chi connectivity index (χ3v) is 1.59. The fourth-order valence-corrected chi connectivity index (χ4v) is 1.07. The van der Waals surface area contributed by atoms with Crippen molar-refractivity contribution in [1.29, 1.82) is 0 Å². The first-order valence-corrected chi connectivity index (χ1v) is 3.63. The second kappa shape index (κ2) is 2.81. The number of carboxylic acids is 1. The van der Waals surface area contributed by atoms with Gasteiger partial charge in [0.25, 0.3) is 0 Å². The first-order valence-electron chi connectivity index (χ1n) is 3.63. The van der Waals surface area contributed by atoms with E-state index in [1.165, 1.54) is 12.4 Å². The number of rotatable bonds is 2. The number of carboxylic acid groups (broad SMARTS) is 1. The minimum atomic E-state index is -0.920. The molecule has 13 heavy (non-hydrogen) atoms. The summed E-state index contributed by atoms with van der Waals surface area (Å²) in [7, 11) is 0. The third-order valence-electron chi connectivity index (χ3n) is 1.59. The molecule has 2 heterocycles. The molecule has 2 aromatic rings. The van der Waals surface area contributed by atoms with Gasteiger partial charge in [0.15, 0.2) is 5.65 Å². The van der Waals surface area contributed by atoms with Crippen molar-refractivity contribution in [3.8, 4) is 0 Å². The van der Waals surface area contributed by atoms with Gasteiger partial charge in [-0.3, -0.25) is 9.89 Å². The van der Waals surface area contributed by atoms with Crippen molar-refractivity contribution in [2.45, 2.75) is 6.42 Å². The normalized spacial score (nSPS) is 10.5. The number of nitrogens with zero attached hydrogens (tertiary/aromatic N) is 3. The highest BCUT2D eigenvalue weighted by atomic mass is 16.4. The number of H-pyrrole nitrogens is 1. The molecule has 6 nitrogen and oxygen atoms in total. The highest BCUT2D eigenvalue weighted by Gasteiger charge is 2.09. The van der Waals surface area contributed by atoms with E-state index in [1.54, 1.807) is 0 Å². The maximum atomic E-state index is 10.4. The molecule has 0 fully saturated rings. The van der Waals surface area contributed by atoms with Gasteiger partial charge in [-0.1, -0.05) is 0 Å². The second-order valence-corrected chi connectivity index (χ2v) is 2.50. The number of aromatic nitrogens is 4. The topological polar surface area (TPSA) is 91.8 Å². The number of aromatic amines is 1. The molecule has 0 amide bonds. The van der Waals surface area contributed by atoms with Crippen molar-refractivity contribution in [3.63, 3.8) is 0 Å². The van der Waals surface area contributed by atoms with Crippen molar-refractivity contribution in [2.24, 2.45) is 0 Å². The van der Waals surface area contributed by atoms with Gasteiger partial charge in [0.05, 0.1) is 12.1 Å². The lowest BCUT2D eigenvalue weighted by Gasteiger charge is -1.90.